The third kappa shape index (κ3) is 2.33. The van der Waals surface area contributed by atoms with Gasteiger partial charge in [0.25, 0.3) is 5.56 Å². The summed E-state index contributed by atoms with van der Waals surface area (Å²) >= 11 is 0. The van der Waals surface area contributed by atoms with Gasteiger partial charge in [0.2, 0.25) is 0 Å². The number of nitrogens with zero attached hydrogens (tertiary/aromatic N) is 2. The van der Waals surface area contributed by atoms with Crippen molar-refractivity contribution < 1.29 is 4.74 Å². The Kier molecular flexibility index (Phi) is 3.50. The summed E-state index contributed by atoms with van der Waals surface area (Å²) in [5.41, 5.74) is 3.09. The fourth-order valence-electron chi connectivity index (χ4n) is 3.02. The minimum absolute atomic E-state index is 0.258. The molecule has 0 spiro atoms. The largest absolute Gasteiger partial charge is 0.493 e. The number of para-hydroxylation sites is 1. The van der Waals surface area contributed by atoms with E-state index in [-0.39, 0.29) is 5.56 Å². The first kappa shape index (κ1) is 14.5. The molecule has 2 aromatic carbocycles. The van der Waals surface area contributed by atoms with Gasteiger partial charge in [-0.05, 0) is 24.6 Å². The second-order valence-corrected chi connectivity index (χ2v) is 5.50. The normalized spacial score (nSPS) is 11.0. The average Bonchev–Trinajstić information content (AvgIpc) is 2.62. The summed E-state index contributed by atoms with van der Waals surface area (Å²) in [6, 6.07) is 21.3. The van der Waals surface area contributed by atoms with Gasteiger partial charge in [0.05, 0.1) is 17.8 Å². The van der Waals surface area contributed by atoms with Gasteiger partial charge >= 0.3 is 0 Å². The molecule has 4 heteroatoms. The molecule has 4 aromatic rings. The van der Waals surface area contributed by atoms with Crippen molar-refractivity contribution >= 4 is 16.6 Å². The number of pyridine rings is 1. The summed E-state index contributed by atoms with van der Waals surface area (Å²) < 4.78 is 7.77. The molecule has 0 saturated heterocycles. The van der Waals surface area contributed by atoms with Crippen molar-refractivity contribution in [3.8, 4) is 17.0 Å². The van der Waals surface area contributed by atoms with Crippen LogP contribution in [0.5, 0.6) is 5.75 Å². The second kappa shape index (κ2) is 5.81. The lowest BCUT2D eigenvalue weighted by Crippen LogP contribution is -2.11. The summed E-state index contributed by atoms with van der Waals surface area (Å²) in [5.74, 6) is 0.741. The molecular formula is C20H16N2O2. The Balaban J connectivity index is 2.19. The van der Waals surface area contributed by atoms with Crippen molar-refractivity contribution in [3.05, 3.63) is 77.1 Å². The van der Waals surface area contributed by atoms with Crippen LogP contribution < -0.4 is 10.3 Å². The number of ether oxygens (including phenoxy) is 1. The maximum Gasteiger partial charge on any atom is 0.273 e. The van der Waals surface area contributed by atoms with E-state index in [0.717, 1.165) is 27.9 Å². The number of hydrogen-bond acceptors (Lipinski definition) is 3. The minimum Gasteiger partial charge on any atom is -0.493 e. The lowest BCUT2D eigenvalue weighted by Gasteiger charge is -2.15. The Morgan fingerprint density at radius 2 is 1.75 bits per heavy atom. The Bertz CT molecular complexity index is 1090. The third-order valence-corrected chi connectivity index (χ3v) is 3.99. The van der Waals surface area contributed by atoms with E-state index in [9.17, 15) is 4.79 Å². The van der Waals surface area contributed by atoms with E-state index in [1.807, 2.05) is 72.0 Å². The quantitative estimate of drug-likeness (QED) is 0.538. The highest BCUT2D eigenvalue weighted by Gasteiger charge is 2.12. The smallest absolute Gasteiger partial charge is 0.273 e. The van der Waals surface area contributed by atoms with E-state index in [1.54, 1.807) is 6.07 Å². The van der Waals surface area contributed by atoms with E-state index in [2.05, 4.69) is 4.98 Å². The molecule has 4 nitrogen and oxygen atoms in total. The van der Waals surface area contributed by atoms with Crippen molar-refractivity contribution in [3.63, 3.8) is 0 Å². The lowest BCUT2D eigenvalue weighted by molar-refractivity contribution is 0.344. The van der Waals surface area contributed by atoms with E-state index in [4.69, 9.17) is 4.74 Å². The van der Waals surface area contributed by atoms with Gasteiger partial charge in [-0.1, -0.05) is 42.5 Å². The molecule has 0 aliphatic heterocycles. The number of benzene rings is 2. The summed E-state index contributed by atoms with van der Waals surface area (Å²) in [7, 11) is 0. The molecule has 0 fully saturated rings. The van der Waals surface area contributed by atoms with Crippen LogP contribution in [0.2, 0.25) is 0 Å². The minimum atomic E-state index is -0.258. The van der Waals surface area contributed by atoms with Gasteiger partial charge in [-0.3, -0.25) is 9.20 Å². The summed E-state index contributed by atoms with van der Waals surface area (Å²) in [6.45, 7) is 2.50. The van der Waals surface area contributed by atoms with Crippen molar-refractivity contribution in [1.82, 2.24) is 9.38 Å². The highest BCUT2D eigenvalue weighted by Crippen LogP contribution is 2.30. The Morgan fingerprint density at radius 3 is 2.54 bits per heavy atom. The molecule has 24 heavy (non-hydrogen) atoms. The van der Waals surface area contributed by atoms with Crippen molar-refractivity contribution in [2.24, 2.45) is 0 Å². The first-order chi connectivity index (χ1) is 11.8. The van der Waals surface area contributed by atoms with Crippen LogP contribution in [0.3, 0.4) is 0 Å². The molecule has 0 bridgehead atoms. The van der Waals surface area contributed by atoms with E-state index in [1.165, 1.54) is 0 Å². The average molecular weight is 316 g/mol. The highest BCUT2D eigenvalue weighted by molar-refractivity contribution is 5.90. The van der Waals surface area contributed by atoms with Gasteiger partial charge < -0.3 is 4.74 Å². The monoisotopic (exact) mass is 316 g/mol. The molecule has 2 heterocycles. The number of rotatable bonds is 3. The first-order valence-electron chi connectivity index (χ1n) is 7.91. The fourth-order valence-corrected chi connectivity index (χ4v) is 3.02. The van der Waals surface area contributed by atoms with Crippen molar-refractivity contribution in [2.45, 2.75) is 6.92 Å². The third-order valence-electron chi connectivity index (χ3n) is 3.99. The molecule has 0 atom stereocenters. The van der Waals surface area contributed by atoms with Gasteiger partial charge in [-0.15, -0.1) is 0 Å². The molecule has 0 N–H and O–H groups in total. The van der Waals surface area contributed by atoms with Crippen molar-refractivity contribution in [2.75, 3.05) is 6.61 Å². The summed E-state index contributed by atoms with van der Waals surface area (Å²) in [5, 5.41) is 0.995. The molecule has 2 aromatic heterocycles. The Labute approximate surface area is 139 Å². The topological polar surface area (TPSA) is 43.6 Å². The predicted octanol–water partition coefficient (Wildman–Crippen LogP) is 3.91. The van der Waals surface area contributed by atoms with Gasteiger partial charge in [0.15, 0.2) is 0 Å². The lowest BCUT2D eigenvalue weighted by atomic mass is 10.1. The van der Waals surface area contributed by atoms with Crippen LogP contribution in [0.4, 0.5) is 0 Å². The standard InChI is InChI=1S/C20H16N2O2/c1-2-24-18-13-19-21-20(23)12-17(14-8-4-3-5-9-14)22(19)16-11-7-6-10-15(16)18/h3-13H,2H2,1H3. The van der Waals surface area contributed by atoms with Gasteiger partial charge in [0.1, 0.15) is 11.4 Å². The molecule has 4 rings (SSSR count). The van der Waals surface area contributed by atoms with Crippen LogP contribution in [-0.4, -0.2) is 16.0 Å². The molecule has 118 valence electrons. The zero-order valence-corrected chi connectivity index (χ0v) is 13.3. The molecule has 0 amide bonds. The van der Waals surface area contributed by atoms with Crippen LogP contribution in [-0.2, 0) is 0 Å². The second-order valence-electron chi connectivity index (χ2n) is 5.50. The van der Waals surface area contributed by atoms with E-state index < -0.39 is 0 Å². The van der Waals surface area contributed by atoms with E-state index >= 15 is 0 Å². The summed E-state index contributed by atoms with van der Waals surface area (Å²) in [6.07, 6.45) is 0. The van der Waals surface area contributed by atoms with Crippen LogP contribution in [0.25, 0.3) is 27.8 Å². The first-order valence-corrected chi connectivity index (χ1v) is 7.91. The molecule has 0 unspecified atom stereocenters. The number of fused-ring (bicyclic) bond motifs is 3. The van der Waals surface area contributed by atoms with Crippen LogP contribution >= 0.6 is 0 Å². The van der Waals surface area contributed by atoms with Crippen LogP contribution in [0, 0.1) is 0 Å². The van der Waals surface area contributed by atoms with Crippen molar-refractivity contribution in [1.29, 1.82) is 0 Å². The molecule has 0 aliphatic rings. The fraction of sp³-hybridized carbons (Fsp3) is 0.100. The molecule has 0 radical (unpaired) electrons. The maximum absolute atomic E-state index is 12.1. The van der Waals surface area contributed by atoms with Gasteiger partial charge in [-0.2, -0.15) is 4.98 Å². The van der Waals surface area contributed by atoms with Gasteiger partial charge in [-0.25, -0.2) is 0 Å². The number of aromatic nitrogens is 2. The van der Waals surface area contributed by atoms with Gasteiger partial charge in [0, 0.05) is 17.5 Å². The number of hydrogen-bond donors (Lipinski definition) is 0. The van der Waals surface area contributed by atoms with Crippen LogP contribution in [0.1, 0.15) is 6.92 Å². The maximum atomic E-state index is 12.1. The molecule has 0 aliphatic carbocycles. The molecule has 0 saturated carbocycles. The zero-order chi connectivity index (χ0) is 16.5. The SMILES string of the molecule is CCOc1cc2nc(=O)cc(-c3ccccc3)n2c2ccccc12. The highest BCUT2D eigenvalue weighted by atomic mass is 16.5. The van der Waals surface area contributed by atoms with E-state index in [0.29, 0.717) is 12.3 Å². The zero-order valence-electron chi connectivity index (χ0n) is 13.3. The van der Waals surface area contributed by atoms with Crippen LogP contribution in [0.15, 0.2) is 71.5 Å². The molecular weight excluding hydrogens is 300 g/mol. The summed E-state index contributed by atoms with van der Waals surface area (Å²) in [4.78, 5) is 16.3. The Hall–Kier alpha value is -3.14. The predicted molar refractivity (Wildman–Crippen MR) is 95.6 cm³/mol. The Morgan fingerprint density at radius 1 is 1.00 bits per heavy atom.